The van der Waals surface area contributed by atoms with Crippen LogP contribution in [0, 0.1) is 0 Å². The van der Waals surface area contributed by atoms with E-state index < -0.39 is 0 Å². The number of nitrogens with two attached hydrogens (primary N) is 1. The Hall–Kier alpha value is -1.10. The summed E-state index contributed by atoms with van der Waals surface area (Å²) in [6.45, 7) is 0. The molecule has 1 heterocycles. The first kappa shape index (κ1) is 8.99. The molecule has 0 saturated carbocycles. The molecule has 3 N–H and O–H groups in total. The quantitative estimate of drug-likeness (QED) is 0.749. The van der Waals surface area contributed by atoms with Gasteiger partial charge in [-0.25, -0.2) is 4.98 Å². The number of carbonyl (C=O) groups excluding carboxylic acids is 1. The second kappa shape index (κ2) is 3.53. The lowest BCUT2D eigenvalue weighted by molar-refractivity contribution is 0.0962. The van der Waals surface area contributed by atoms with Gasteiger partial charge in [0.1, 0.15) is 5.82 Å². The number of aromatic nitrogens is 1. The smallest absolute Gasteiger partial charge is 0.252 e. The number of halogens is 1. The summed E-state index contributed by atoms with van der Waals surface area (Å²) in [6, 6.07) is 1.63. The summed E-state index contributed by atoms with van der Waals surface area (Å²) < 4.78 is 0.628. The Morgan fingerprint density at radius 1 is 1.75 bits per heavy atom. The molecule has 0 aromatic carbocycles. The van der Waals surface area contributed by atoms with Crippen molar-refractivity contribution in [2.75, 3.05) is 12.8 Å². The third-order valence-corrected chi connectivity index (χ3v) is 1.99. The van der Waals surface area contributed by atoms with E-state index in [1.165, 1.54) is 6.20 Å². The zero-order valence-electron chi connectivity index (χ0n) is 6.47. The van der Waals surface area contributed by atoms with Crippen LogP contribution in [0.25, 0.3) is 0 Å². The number of nitrogens with zero attached hydrogens (tertiary/aromatic N) is 1. The summed E-state index contributed by atoms with van der Waals surface area (Å²) >= 11 is 3.18. The average Bonchev–Trinajstić information content (AvgIpc) is 2.08. The number of amides is 1. The summed E-state index contributed by atoms with van der Waals surface area (Å²) in [5.74, 6) is 0.200. The maximum absolute atomic E-state index is 11.1. The highest BCUT2D eigenvalue weighted by atomic mass is 79.9. The zero-order chi connectivity index (χ0) is 9.14. The maximum Gasteiger partial charge on any atom is 0.252 e. The average molecular weight is 230 g/mol. The van der Waals surface area contributed by atoms with Gasteiger partial charge in [0, 0.05) is 13.2 Å². The van der Waals surface area contributed by atoms with Crippen molar-refractivity contribution in [1.29, 1.82) is 0 Å². The van der Waals surface area contributed by atoms with Crippen LogP contribution in [0.4, 0.5) is 5.82 Å². The molecule has 64 valence electrons. The third-order valence-electron chi connectivity index (χ3n) is 1.36. The number of pyridine rings is 1. The van der Waals surface area contributed by atoms with Gasteiger partial charge in [0.15, 0.2) is 0 Å². The predicted molar refractivity (Wildman–Crippen MR) is 49.7 cm³/mol. The molecule has 0 radical (unpaired) electrons. The molecule has 0 spiro atoms. The second-order valence-corrected chi connectivity index (χ2v) is 3.02. The number of hydrogen-bond donors (Lipinski definition) is 2. The van der Waals surface area contributed by atoms with Crippen molar-refractivity contribution in [3.63, 3.8) is 0 Å². The highest BCUT2D eigenvalue weighted by molar-refractivity contribution is 9.10. The fraction of sp³-hybridized carbons (Fsp3) is 0.143. The van der Waals surface area contributed by atoms with Crippen molar-refractivity contribution < 1.29 is 4.79 Å². The molecule has 0 bridgehead atoms. The molecule has 0 aliphatic carbocycles. The van der Waals surface area contributed by atoms with Crippen LogP contribution in [-0.2, 0) is 0 Å². The van der Waals surface area contributed by atoms with E-state index in [0.717, 1.165) is 0 Å². The van der Waals surface area contributed by atoms with E-state index in [-0.39, 0.29) is 5.91 Å². The van der Waals surface area contributed by atoms with Crippen LogP contribution in [0.1, 0.15) is 10.4 Å². The molecule has 1 amide bonds. The van der Waals surface area contributed by atoms with Crippen LogP contribution >= 0.6 is 15.9 Å². The molecule has 0 unspecified atom stereocenters. The number of carbonyl (C=O) groups is 1. The van der Waals surface area contributed by atoms with E-state index in [1.54, 1.807) is 13.1 Å². The van der Waals surface area contributed by atoms with Crippen molar-refractivity contribution in [3.05, 3.63) is 22.3 Å². The Bertz CT molecular complexity index is 314. The van der Waals surface area contributed by atoms with E-state index in [0.29, 0.717) is 15.9 Å². The van der Waals surface area contributed by atoms with Gasteiger partial charge in [-0.1, -0.05) is 0 Å². The van der Waals surface area contributed by atoms with Gasteiger partial charge in [0.2, 0.25) is 0 Å². The molecular weight excluding hydrogens is 222 g/mol. The summed E-state index contributed by atoms with van der Waals surface area (Å²) in [4.78, 5) is 14.9. The van der Waals surface area contributed by atoms with Crippen LogP contribution in [0.2, 0.25) is 0 Å². The Labute approximate surface area is 78.3 Å². The topological polar surface area (TPSA) is 68.0 Å². The molecule has 0 saturated heterocycles. The first-order valence-electron chi connectivity index (χ1n) is 3.28. The van der Waals surface area contributed by atoms with Gasteiger partial charge in [0.25, 0.3) is 5.91 Å². The molecule has 1 aromatic rings. The highest BCUT2D eigenvalue weighted by Crippen LogP contribution is 2.17. The number of nitrogen functional groups attached to an aromatic ring is 1. The fourth-order valence-electron chi connectivity index (χ4n) is 0.717. The van der Waals surface area contributed by atoms with Crippen LogP contribution in [-0.4, -0.2) is 17.9 Å². The van der Waals surface area contributed by atoms with Gasteiger partial charge < -0.3 is 11.1 Å². The monoisotopic (exact) mass is 229 g/mol. The molecule has 0 fully saturated rings. The van der Waals surface area contributed by atoms with Gasteiger partial charge in [-0.15, -0.1) is 0 Å². The van der Waals surface area contributed by atoms with Crippen molar-refractivity contribution >= 4 is 27.7 Å². The molecule has 0 aliphatic rings. The van der Waals surface area contributed by atoms with Gasteiger partial charge >= 0.3 is 0 Å². The molecular formula is C7H8BrN3O. The summed E-state index contributed by atoms with van der Waals surface area (Å²) in [7, 11) is 1.56. The summed E-state index contributed by atoms with van der Waals surface area (Å²) in [5, 5.41) is 2.49. The van der Waals surface area contributed by atoms with E-state index in [9.17, 15) is 4.79 Å². The summed E-state index contributed by atoms with van der Waals surface area (Å²) in [5.41, 5.74) is 5.93. The Morgan fingerprint density at radius 2 is 2.42 bits per heavy atom. The fourth-order valence-corrected chi connectivity index (χ4v) is 1.07. The molecule has 1 aromatic heterocycles. The van der Waals surface area contributed by atoms with Gasteiger partial charge in [0.05, 0.1) is 10.0 Å². The van der Waals surface area contributed by atoms with Gasteiger partial charge in [-0.3, -0.25) is 4.79 Å². The predicted octanol–water partition coefficient (Wildman–Crippen LogP) is 0.786. The standard InChI is InChI=1S/C7H8BrN3O/c1-10-7(12)4-2-5(8)6(9)11-3-4/h2-3H,1H3,(H2,9,11)(H,10,12). The number of hydrogen-bond acceptors (Lipinski definition) is 3. The number of anilines is 1. The first-order valence-corrected chi connectivity index (χ1v) is 4.07. The van der Waals surface area contributed by atoms with E-state index in [4.69, 9.17) is 5.73 Å². The largest absolute Gasteiger partial charge is 0.383 e. The van der Waals surface area contributed by atoms with Crippen LogP contribution in [0.3, 0.4) is 0 Å². The minimum atomic E-state index is -0.178. The van der Waals surface area contributed by atoms with Crippen LogP contribution in [0.15, 0.2) is 16.7 Å². The van der Waals surface area contributed by atoms with Crippen molar-refractivity contribution in [2.24, 2.45) is 0 Å². The first-order chi connectivity index (χ1) is 5.65. The van der Waals surface area contributed by atoms with Gasteiger partial charge in [-0.05, 0) is 22.0 Å². The lowest BCUT2D eigenvalue weighted by Gasteiger charge is -2.00. The number of rotatable bonds is 1. The van der Waals surface area contributed by atoms with Crippen molar-refractivity contribution in [2.45, 2.75) is 0 Å². The maximum atomic E-state index is 11.1. The Balaban J connectivity index is 3.05. The van der Waals surface area contributed by atoms with Crippen LogP contribution < -0.4 is 11.1 Å². The van der Waals surface area contributed by atoms with Crippen LogP contribution in [0.5, 0.6) is 0 Å². The minimum Gasteiger partial charge on any atom is -0.383 e. The molecule has 1 rings (SSSR count). The highest BCUT2D eigenvalue weighted by Gasteiger charge is 2.05. The van der Waals surface area contributed by atoms with Gasteiger partial charge in [-0.2, -0.15) is 0 Å². The second-order valence-electron chi connectivity index (χ2n) is 2.17. The molecule has 4 nitrogen and oxygen atoms in total. The minimum absolute atomic E-state index is 0.178. The Kier molecular flexibility index (Phi) is 2.65. The molecule has 5 heteroatoms. The Morgan fingerprint density at radius 3 is 2.92 bits per heavy atom. The lowest BCUT2D eigenvalue weighted by atomic mass is 10.3. The number of nitrogens with one attached hydrogen (secondary N) is 1. The third kappa shape index (κ3) is 1.73. The zero-order valence-corrected chi connectivity index (χ0v) is 8.05. The van der Waals surface area contributed by atoms with E-state index >= 15 is 0 Å². The molecule has 12 heavy (non-hydrogen) atoms. The molecule has 0 aliphatic heterocycles. The molecule has 0 atom stereocenters. The summed E-state index contributed by atoms with van der Waals surface area (Å²) in [6.07, 6.45) is 1.43. The lowest BCUT2D eigenvalue weighted by Crippen LogP contribution is -2.18. The van der Waals surface area contributed by atoms with Crippen molar-refractivity contribution in [3.8, 4) is 0 Å². The van der Waals surface area contributed by atoms with E-state index in [1.807, 2.05) is 0 Å². The van der Waals surface area contributed by atoms with E-state index in [2.05, 4.69) is 26.2 Å². The SMILES string of the molecule is CNC(=O)c1cnc(N)c(Br)c1. The normalized spacial score (nSPS) is 9.50. The van der Waals surface area contributed by atoms with Crippen molar-refractivity contribution in [1.82, 2.24) is 10.3 Å².